The summed E-state index contributed by atoms with van der Waals surface area (Å²) >= 11 is 0. The summed E-state index contributed by atoms with van der Waals surface area (Å²) in [7, 11) is 4.19. The highest BCUT2D eigenvalue weighted by atomic mass is 15.2. The molecule has 33 heavy (non-hydrogen) atoms. The minimum absolute atomic E-state index is 0.814. The molecule has 5 heteroatoms. The molecule has 0 unspecified atom stereocenters. The smallest absolute Gasteiger partial charge is 0.151 e. The van der Waals surface area contributed by atoms with Crippen LogP contribution < -0.4 is 9.80 Å². The van der Waals surface area contributed by atoms with Crippen molar-refractivity contribution < 1.29 is 0 Å². The van der Waals surface area contributed by atoms with E-state index in [1.807, 2.05) is 6.92 Å². The minimum Gasteiger partial charge on any atom is -0.378 e. The average Bonchev–Trinajstić information content (AvgIpc) is 3.05. The summed E-state index contributed by atoms with van der Waals surface area (Å²) in [5, 5.41) is 2.36. The molecule has 0 amide bonds. The van der Waals surface area contributed by atoms with Crippen molar-refractivity contribution in [3.8, 4) is 5.69 Å². The zero-order valence-electron chi connectivity index (χ0n) is 21.5. The molecule has 0 aliphatic rings. The topological polar surface area (TPSA) is 37.2 Å². The van der Waals surface area contributed by atoms with Gasteiger partial charge in [0, 0.05) is 38.3 Å². The number of fused-ring (bicyclic) bond motifs is 3. The maximum atomic E-state index is 5.04. The lowest BCUT2D eigenvalue weighted by atomic mass is 10.0. The number of anilines is 2. The summed E-state index contributed by atoms with van der Waals surface area (Å²) in [5.74, 6) is 1.87. The maximum absolute atomic E-state index is 5.04. The summed E-state index contributed by atoms with van der Waals surface area (Å²) in [5.41, 5.74) is 8.39. The molecule has 0 bridgehead atoms. The van der Waals surface area contributed by atoms with E-state index in [-0.39, 0.29) is 0 Å². The van der Waals surface area contributed by atoms with Gasteiger partial charge in [-0.3, -0.25) is 4.57 Å². The first-order valence-corrected chi connectivity index (χ1v) is 12.1. The molecule has 4 aromatic rings. The molecule has 0 atom stereocenters. The number of aromatic nitrogens is 3. The summed E-state index contributed by atoms with van der Waals surface area (Å²) in [4.78, 5) is 14.7. The van der Waals surface area contributed by atoms with E-state index in [2.05, 4.69) is 93.4 Å². The Morgan fingerprint density at radius 1 is 0.848 bits per heavy atom. The van der Waals surface area contributed by atoms with E-state index in [4.69, 9.17) is 9.97 Å². The van der Waals surface area contributed by atoms with Crippen molar-refractivity contribution in [2.24, 2.45) is 0 Å². The molecule has 0 aliphatic carbocycles. The van der Waals surface area contributed by atoms with Gasteiger partial charge in [-0.1, -0.05) is 31.5 Å². The Bertz CT molecular complexity index is 1290. The summed E-state index contributed by atoms with van der Waals surface area (Å²) < 4.78 is 2.36. The molecular formula is C28H37N5. The van der Waals surface area contributed by atoms with Gasteiger partial charge in [0.25, 0.3) is 0 Å². The Labute approximate surface area is 198 Å². The summed E-state index contributed by atoms with van der Waals surface area (Å²) in [6.45, 7) is 15.0. The van der Waals surface area contributed by atoms with Crippen molar-refractivity contribution >= 4 is 33.4 Å². The van der Waals surface area contributed by atoms with Gasteiger partial charge in [-0.25, -0.2) is 9.97 Å². The number of hydrogen-bond acceptors (Lipinski definition) is 4. The Balaban J connectivity index is 2.19. The van der Waals surface area contributed by atoms with Crippen LogP contribution in [-0.4, -0.2) is 41.7 Å². The Hall–Kier alpha value is -3.08. The van der Waals surface area contributed by atoms with Crippen molar-refractivity contribution in [1.29, 1.82) is 0 Å². The molecule has 4 rings (SSSR count). The largest absolute Gasteiger partial charge is 0.378 e. The van der Waals surface area contributed by atoms with Crippen molar-refractivity contribution in [2.45, 2.75) is 54.4 Å². The van der Waals surface area contributed by atoms with Gasteiger partial charge in [0.1, 0.15) is 11.6 Å². The molecular weight excluding hydrogens is 406 g/mol. The predicted octanol–water partition coefficient (Wildman–Crippen LogP) is 6.50. The third-order valence-electron chi connectivity index (χ3n) is 6.35. The fourth-order valence-electron chi connectivity index (χ4n) is 5.10. The van der Waals surface area contributed by atoms with Gasteiger partial charge < -0.3 is 9.80 Å². The van der Waals surface area contributed by atoms with E-state index in [1.54, 1.807) is 0 Å². The van der Waals surface area contributed by atoms with Crippen LogP contribution in [0.3, 0.4) is 0 Å². The number of hydrogen-bond donors (Lipinski definition) is 0. The zero-order valence-corrected chi connectivity index (χ0v) is 21.5. The van der Waals surface area contributed by atoms with Crippen LogP contribution in [0, 0.1) is 27.7 Å². The van der Waals surface area contributed by atoms with Crippen LogP contribution in [0.2, 0.25) is 0 Å². The van der Waals surface area contributed by atoms with Crippen molar-refractivity contribution in [3.63, 3.8) is 0 Å². The van der Waals surface area contributed by atoms with Crippen LogP contribution in [-0.2, 0) is 0 Å². The highest BCUT2D eigenvalue weighted by molar-refractivity contribution is 6.14. The van der Waals surface area contributed by atoms with Gasteiger partial charge in [-0.2, -0.15) is 0 Å². The Morgan fingerprint density at radius 2 is 1.48 bits per heavy atom. The minimum atomic E-state index is 0.814. The molecule has 0 aliphatic heterocycles. The van der Waals surface area contributed by atoms with Crippen LogP contribution >= 0.6 is 0 Å². The van der Waals surface area contributed by atoms with Crippen molar-refractivity contribution in [3.05, 3.63) is 52.8 Å². The van der Waals surface area contributed by atoms with Crippen molar-refractivity contribution in [1.82, 2.24) is 14.5 Å². The van der Waals surface area contributed by atoms with E-state index in [0.29, 0.717) is 0 Å². The second-order valence-corrected chi connectivity index (χ2v) is 9.46. The van der Waals surface area contributed by atoms with Gasteiger partial charge in [0.15, 0.2) is 5.65 Å². The molecule has 0 radical (unpaired) electrons. The Morgan fingerprint density at radius 3 is 2.06 bits per heavy atom. The number of nitrogens with zero attached hydrogens (tertiary/aromatic N) is 5. The standard InChI is InChI=1S/C28H37N5/c1-9-13-32(14-10-2)27-25-23-17-22(31(7)8)11-12-24(23)33(28(25)30-21(6)29-27)26-19(4)15-18(3)16-20(26)5/h11-12,15-17H,9-10,13-14H2,1-8H3. The van der Waals surface area contributed by atoms with Gasteiger partial charge in [0.05, 0.1) is 16.6 Å². The SMILES string of the molecule is CCCN(CCC)c1nc(C)nc2c1c1cc(N(C)C)ccc1n2-c1c(C)cc(C)cc1C. The predicted molar refractivity (Wildman–Crippen MR) is 142 cm³/mol. The van der Waals surface area contributed by atoms with E-state index < -0.39 is 0 Å². The van der Waals surface area contributed by atoms with Crippen LogP contribution in [0.15, 0.2) is 30.3 Å². The fourth-order valence-corrected chi connectivity index (χ4v) is 5.10. The third-order valence-corrected chi connectivity index (χ3v) is 6.35. The van der Waals surface area contributed by atoms with Gasteiger partial charge in [0.2, 0.25) is 0 Å². The first-order chi connectivity index (χ1) is 15.8. The second kappa shape index (κ2) is 9.05. The zero-order chi connectivity index (χ0) is 23.9. The molecule has 0 fully saturated rings. The van der Waals surface area contributed by atoms with E-state index in [1.165, 1.54) is 39.0 Å². The lowest BCUT2D eigenvalue weighted by Gasteiger charge is -2.24. The van der Waals surface area contributed by atoms with Crippen molar-refractivity contribution in [2.75, 3.05) is 37.0 Å². The molecule has 0 saturated heterocycles. The fraction of sp³-hybridized carbons (Fsp3) is 0.429. The van der Waals surface area contributed by atoms with E-state index >= 15 is 0 Å². The number of benzene rings is 2. The van der Waals surface area contributed by atoms with Gasteiger partial charge in [-0.15, -0.1) is 0 Å². The van der Waals surface area contributed by atoms with E-state index in [9.17, 15) is 0 Å². The number of aryl methyl sites for hydroxylation is 4. The van der Waals surface area contributed by atoms with E-state index in [0.717, 1.165) is 48.6 Å². The van der Waals surface area contributed by atoms with Crippen LogP contribution in [0.4, 0.5) is 11.5 Å². The molecule has 5 nitrogen and oxygen atoms in total. The lowest BCUT2D eigenvalue weighted by Crippen LogP contribution is -2.26. The molecule has 2 aromatic carbocycles. The Kier molecular flexibility index (Phi) is 6.33. The molecule has 2 aromatic heterocycles. The van der Waals surface area contributed by atoms with Gasteiger partial charge in [-0.05, 0) is 69.9 Å². The molecule has 0 spiro atoms. The normalized spacial score (nSPS) is 11.5. The molecule has 2 heterocycles. The highest BCUT2D eigenvalue weighted by Gasteiger charge is 2.23. The maximum Gasteiger partial charge on any atom is 0.151 e. The first kappa shape index (κ1) is 23.1. The summed E-state index contributed by atoms with van der Waals surface area (Å²) in [6.07, 6.45) is 2.17. The van der Waals surface area contributed by atoms with Crippen LogP contribution in [0.1, 0.15) is 49.2 Å². The highest BCUT2D eigenvalue weighted by Crippen LogP contribution is 2.39. The molecule has 0 saturated carbocycles. The van der Waals surface area contributed by atoms with Gasteiger partial charge >= 0.3 is 0 Å². The monoisotopic (exact) mass is 443 g/mol. The quantitative estimate of drug-likeness (QED) is 0.327. The summed E-state index contributed by atoms with van der Waals surface area (Å²) in [6, 6.07) is 11.3. The third kappa shape index (κ3) is 4.05. The van der Waals surface area contributed by atoms with Crippen LogP contribution in [0.25, 0.3) is 27.6 Å². The second-order valence-electron chi connectivity index (χ2n) is 9.46. The first-order valence-electron chi connectivity index (χ1n) is 12.1. The molecule has 174 valence electrons. The molecule has 0 N–H and O–H groups in total. The average molecular weight is 444 g/mol. The lowest BCUT2D eigenvalue weighted by molar-refractivity contribution is 0.734. The number of rotatable bonds is 7. The van der Waals surface area contributed by atoms with Crippen LogP contribution in [0.5, 0.6) is 0 Å².